The van der Waals surface area contributed by atoms with Gasteiger partial charge in [-0.1, -0.05) is 0 Å². The summed E-state index contributed by atoms with van der Waals surface area (Å²) in [6.07, 6.45) is 0.324. The number of phenolic OH excluding ortho intramolecular Hbond substituents is 1. The van der Waals surface area contributed by atoms with Crippen LogP contribution in [0, 0.1) is 11.8 Å². The lowest BCUT2D eigenvalue weighted by Crippen LogP contribution is -2.65. The maximum atomic E-state index is 13.7. The molecule has 0 aliphatic heterocycles. The maximum Gasteiger partial charge on any atom is 0.255 e. The van der Waals surface area contributed by atoms with Gasteiger partial charge >= 0.3 is 0 Å². The first kappa shape index (κ1) is 22.8. The molecule has 6 N–H and O–H groups in total. The number of aliphatic hydroxyl groups is 3. The zero-order valence-corrected chi connectivity index (χ0v) is 18.8. The van der Waals surface area contributed by atoms with E-state index < -0.39 is 58.0 Å². The van der Waals surface area contributed by atoms with Crippen molar-refractivity contribution in [2.75, 3.05) is 33.1 Å². The van der Waals surface area contributed by atoms with Gasteiger partial charge in [-0.2, -0.15) is 0 Å². The molecule has 33 heavy (non-hydrogen) atoms. The lowest BCUT2D eigenvalue weighted by atomic mass is 9.57. The third-order valence-corrected chi connectivity index (χ3v) is 7.06. The Hall–Kier alpha value is -3.37. The molecule has 1 fully saturated rings. The number of carbonyl (C=O) groups is 3. The van der Waals surface area contributed by atoms with Gasteiger partial charge in [0.05, 0.1) is 11.6 Å². The van der Waals surface area contributed by atoms with E-state index in [4.69, 9.17) is 5.73 Å². The summed E-state index contributed by atoms with van der Waals surface area (Å²) in [5, 5.41) is 43.9. The Bertz CT molecular complexity index is 1170. The van der Waals surface area contributed by atoms with Gasteiger partial charge in [-0.15, -0.1) is 0 Å². The highest BCUT2D eigenvalue weighted by Crippen LogP contribution is 2.53. The second kappa shape index (κ2) is 7.32. The molecule has 0 unspecified atom stereocenters. The van der Waals surface area contributed by atoms with E-state index in [0.717, 1.165) is 5.69 Å². The van der Waals surface area contributed by atoms with Crippen LogP contribution in [0.2, 0.25) is 0 Å². The van der Waals surface area contributed by atoms with Gasteiger partial charge in [0.1, 0.15) is 22.8 Å². The SMILES string of the molecule is CN(C)c1ccc(O)c2c1C[C@H]1C[C@@H]3[C@H](N(C)C)C(=O)C(C(N)=O)=C(O)[C@]3(O)C(=O)C1=C2O. The van der Waals surface area contributed by atoms with Gasteiger partial charge < -0.3 is 31.1 Å². The Labute approximate surface area is 190 Å². The van der Waals surface area contributed by atoms with Crippen molar-refractivity contribution >= 4 is 28.9 Å². The van der Waals surface area contributed by atoms with E-state index in [1.807, 2.05) is 19.0 Å². The first-order chi connectivity index (χ1) is 15.3. The van der Waals surface area contributed by atoms with Crippen molar-refractivity contribution in [2.24, 2.45) is 17.6 Å². The van der Waals surface area contributed by atoms with Gasteiger partial charge in [-0.3, -0.25) is 19.3 Å². The Balaban J connectivity index is 1.99. The van der Waals surface area contributed by atoms with Gasteiger partial charge in [-0.25, -0.2) is 0 Å². The summed E-state index contributed by atoms with van der Waals surface area (Å²) in [6.45, 7) is 0. The van der Waals surface area contributed by atoms with Gasteiger partial charge in [0.2, 0.25) is 5.78 Å². The summed E-state index contributed by atoms with van der Waals surface area (Å²) in [4.78, 5) is 42.0. The highest BCUT2D eigenvalue weighted by atomic mass is 16.3. The van der Waals surface area contributed by atoms with Crippen LogP contribution in [0.1, 0.15) is 17.5 Å². The van der Waals surface area contributed by atoms with E-state index in [0.29, 0.717) is 5.56 Å². The lowest BCUT2D eigenvalue weighted by Gasteiger charge is -2.50. The number of benzene rings is 1. The number of nitrogens with two attached hydrogens (primary N) is 1. The summed E-state index contributed by atoms with van der Waals surface area (Å²) in [7, 11) is 6.75. The number of nitrogens with zero attached hydrogens (tertiary/aromatic N) is 2. The van der Waals surface area contributed by atoms with Crippen LogP contribution < -0.4 is 10.6 Å². The van der Waals surface area contributed by atoms with Crippen LogP contribution in [0.5, 0.6) is 5.75 Å². The number of aromatic hydroxyl groups is 1. The molecule has 0 spiro atoms. The minimum Gasteiger partial charge on any atom is -0.508 e. The number of ketones is 2. The summed E-state index contributed by atoms with van der Waals surface area (Å²) in [6, 6.07) is 2.01. The molecule has 0 heterocycles. The van der Waals surface area contributed by atoms with E-state index in [9.17, 15) is 34.8 Å². The first-order valence-electron chi connectivity index (χ1n) is 10.5. The third kappa shape index (κ3) is 2.90. The molecule has 1 aromatic rings. The number of carbonyl (C=O) groups excluding carboxylic acids is 3. The molecule has 10 nitrogen and oxygen atoms in total. The fraction of sp³-hybridized carbons (Fsp3) is 0.435. The summed E-state index contributed by atoms with van der Waals surface area (Å²) >= 11 is 0. The lowest BCUT2D eigenvalue weighted by molar-refractivity contribution is -0.153. The van der Waals surface area contributed by atoms with E-state index in [-0.39, 0.29) is 29.7 Å². The number of hydrogen-bond donors (Lipinski definition) is 5. The number of amides is 1. The fourth-order valence-corrected chi connectivity index (χ4v) is 5.65. The Morgan fingerprint density at radius 1 is 1.12 bits per heavy atom. The van der Waals surface area contributed by atoms with Crippen LogP contribution in [0.3, 0.4) is 0 Å². The molecule has 10 heteroatoms. The molecule has 0 aromatic heterocycles. The monoisotopic (exact) mass is 457 g/mol. The topological polar surface area (TPSA) is 165 Å². The van der Waals surface area contributed by atoms with Crippen molar-refractivity contribution in [3.8, 4) is 5.75 Å². The molecule has 1 aromatic carbocycles. The molecule has 3 aliphatic rings. The van der Waals surface area contributed by atoms with Crippen molar-refractivity contribution in [1.82, 2.24) is 4.90 Å². The van der Waals surface area contributed by atoms with Gasteiger partial charge in [0.25, 0.3) is 5.91 Å². The molecular formula is C23H27N3O7. The molecule has 1 saturated carbocycles. The third-order valence-electron chi connectivity index (χ3n) is 7.06. The quantitative estimate of drug-likeness (QED) is 0.394. The minimum atomic E-state index is -2.63. The number of likely N-dealkylation sites (N-methyl/N-ethyl adjacent to an activating group) is 1. The highest BCUT2D eigenvalue weighted by Gasteiger charge is 2.64. The predicted molar refractivity (Wildman–Crippen MR) is 119 cm³/mol. The highest BCUT2D eigenvalue weighted by molar-refractivity contribution is 6.24. The molecule has 0 bridgehead atoms. The molecular weight excluding hydrogens is 430 g/mol. The van der Waals surface area contributed by atoms with Crippen LogP contribution in [-0.2, 0) is 20.8 Å². The zero-order chi connectivity index (χ0) is 24.6. The predicted octanol–water partition coefficient (Wildman–Crippen LogP) is 0.0300. The van der Waals surface area contributed by atoms with Crippen LogP contribution in [0.25, 0.3) is 5.76 Å². The average Bonchev–Trinajstić information content (AvgIpc) is 2.70. The summed E-state index contributed by atoms with van der Waals surface area (Å²) in [5.74, 6) is -6.54. The van der Waals surface area contributed by atoms with Crippen molar-refractivity contribution in [3.05, 3.63) is 40.2 Å². The van der Waals surface area contributed by atoms with Gasteiger partial charge in [0.15, 0.2) is 11.4 Å². The standard InChI is InChI=1S/C23H27N3O7/c1-25(2)12-5-6-13(27)15-10(12)7-9-8-11-17(26(3)4)19(29)16(22(24)32)21(31)23(11,33)20(30)14(9)18(15)28/h5-6,9,11,17,27-28,31,33H,7-8H2,1-4H3,(H2,24,32)/t9-,11+,17-,23+/m0/s1. The van der Waals surface area contributed by atoms with Gasteiger partial charge in [0, 0.05) is 31.3 Å². The molecule has 0 saturated heterocycles. The van der Waals surface area contributed by atoms with E-state index in [2.05, 4.69) is 0 Å². The zero-order valence-electron chi connectivity index (χ0n) is 18.8. The van der Waals surface area contributed by atoms with Crippen molar-refractivity contribution in [3.63, 3.8) is 0 Å². The van der Waals surface area contributed by atoms with Crippen LogP contribution in [0.15, 0.2) is 29.0 Å². The number of Topliss-reactive ketones (excluding diaryl/α,β-unsaturated/α-hetero) is 2. The van der Waals surface area contributed by atoms with Crippen LogP contribution in [-0.4, -0.2) is 82.6 Å². The number of primary amides is 1. The van der Waals surface area contributed by atoms with Crippen molar-refractivity contribution in [1.29, 1.82) is 0 Å². The fourth-order valence-electron chi connectivity index (χ4n) is 5.65. The van der Waals surface area contributed by atoms with Crippen LogP contribution in [0.4, 0.5) is 5.69 Å². The summed E-state index contributed by atoms with van der Waals surface area (Å²) in [5.41, 5.74) is 3.15. The molecule has 1 amide bonds. The molecule has 176 valence electrons. The second-order valence-corrected chi connectivity index (χ2v) is 9.31. The Morgan fingerprint density at radius 2 is 1.76 bits per heavy atom. The number of aliphatic hydroxyl groups excluding tert-OH is 2. The number of rotatable bonds is 3. The van der Waals surface area contributed by atoms with E-state index in [1.165, 1.54) is 11.0 Å². The number of fused-ring (bicyclic) bond motifs is 3. The Morgan fingerprint density at radius 3 is 2.30 bits per heavy atom. The molecule has 0 radical (unpaired) electrons. The largest absolute Gasteiger partial charge is 0.508 e. The Kier molecular flexibility index (Phi) is 5.06. The average molecular weight is 457 g/mol. The second-order valence-electron chi connectivity index (χ2n) is 9.31. The van der Waals surface area contributed by atoms with Crippen molar-refractivity contribution in [2.45, 2.75) is 24.5 Å². The number of hydrogen-bond acceptors (Lipinski definition) is 9. The van der Waals surface area contributed by atoms with Gasteiger partial charge in [-0.05, 0) is 50.6 Å². The number of phenols is 1. The molecule has 3 aliphatic carbocycles. The molecule has 4 rings (SSSR count). The van der Waals surface area contributed by atoms with Crippen molar-refractivity contribution < 1.29 is 34.8 Å². The molecule has 4 atom stereocenters. The smallest absolute Gasteiger partial charge is 0.255 e. The van der Waals surface area contributed by atoms with E-state index in [1.54, 1.807) is 20.2 Å². The maximum absolute atomic E-state index is 13.7. The number of anilines is 1. The van der Waals surface area contributed by atoms with Crippen LogP contribution >= 0.6 is 0 Å². The first-order valence-corrected chi connectivity index (χ1v) is 10.5. The summed E-state index contributed by atoms with van der Waals surface area (Å²) < 4.78 is 0. The minimum absolute atomic E-state index is 0.0638. The normalized spacial score (nSPS) is 29.1. The van der Waals surface area contributed by atoms with E-state index >= 15 is 0 Å².